The fraction of sp³-hybridized carbons (Fsp3) is 0.385. The summed E-state index contributed by atoms with van der Waals surface area (Å²) in [5, 5.41) is 4.10. The van der Waals surface area contributed by atoms with E-state index in [0.29, 0.717) is 37.0 Å². The summed E-state index contributed by atoms with van der Waals surface area (Å²) in [6.07, 6.45) is 1.71. The van der Waals surface area contributed by atoms with E-state index in [1.165, 1.54) is 5.56 Å². The van der Waals surface area contributed by atoms with Gasteiger partial charge in [0.05, 0.1) is 11.0 Å². The molecule has 0 spiro atoms. The Bertz CT molecular complexity index is 1230. The summed E-state index contributed by atoms with van der Waals surface area (Å²) in [6, 6.07) is 16.2. The number of benzene rings is 2. The molecule has 0 unspecified atom stereocenters. The Morgan fingerprint density at radius 1 is 1.03 bits per heavy atom. The number of fused-ring (bicyclic) bond motifs is 1. The van der Waals surface area contributed by atoms with Crippen LogP contribution >= 0.6 is 0 Å². The highest BCUT2D eigenvalue weighted by atomic mass is 16.5. The Labute approximate surface area is 199 Å². The summed E-state index contributed by atoms with van der Waals surface area (Å²) in [6.45, 7) is 7.37. The van der Waals surface area contributed by atoms with E-state index in [2.05, 4.69) is 46.0 Å². The second-order valence-corrected chi connectivity index (χ2v) is 9.09. The summed E-state index contributed by atoms with van der Waals surface area (Å²) in [5.41, 5.74) is 4.19. The summed E-state index contributed by atoms with van der Waals surface area (Å²) in [4.78, 5) is 29.6. The number of rotatable bonds is 6. The number of amides is 1. The third-order valence-electron chi connectivity index (χ3n) is 6.38. The molecule has 5 rings (SSSR count). The highest BCUT2D eigenvalue weighted by Crippen LogP contribution is 2.21. The van der Waals surface area contributed by atoms with Crippen LogP contribution in [0.3, 0.4) is 0 Å². The fourth-order valence-electron chi connectivity index (χ4n) is 4.33. The van der Waals surface area contributed by atoms with Crippen molar-refractivity contribution in [3.05, 3.63) is 60.0 Å². The van der Waals surface area contributed by atoms with Gasteiger partial charge in [-0.05, 0) is 30.0 Å². The normalized spacial score (nSPS) is 14.7. The molecule has 1 amide bonds. The fourth-order valence-corrected chi connectivity index (χ4v) is 4.33. The molecule has 8 nitrogen and oxygen atoms in total. The summed E-state index contributed by atoms with van der Waals surface area (Å²) in [7, 11) is 0. The van der Waals surface area contributed by atoms with Crippen molar-refractivity contribution < 1.29 is 9.32 Å². The van der Waals surface area contributed by atoms with Crippen molar-refractivity contribution in [2.24, 2.45) is 0 Å². The van der Waals surface area contributed by atoms with E-state index in [1.807, 2.05) is 41.3 Å². The lowest BCUT2D eigenvalue weighted by Gasteiger charge is -2.21. The van der Waals surface area contributed by atoms with E-state index in [4.69, 9.17) is 9.51 Å². The van der Waals surface area contributed by atoms with Crippen LogP contribution in [-0.4, -0.2) is 57.1 Å². The van der Waals surface area contributed by atoms with Crippen molar-refractivity contribution in [3.8, 4) is 11.4 Å². The van der Waals surface area contributed by atoms with Gasteiger partial charge < -0.3 is 19.3 Å². The van der Waals surface area contributed by atoms with E-state index >= 15 is 0 Å². The maximum Gasteiger partial charge on any atom is 0.227 e. The lowest BCUT2D eigenvalue weighted by atomic mass is 10.0. The third kappa shape index (κ3) is 4.81. The van der Waals surface area contributed by atoms with Crippen molar-refractivity contribution in [1.82, 2.24) is 25.0 Å². The van der Waals surface area contributed by atoms with Crippen LogP contribution in [0.25, 0.3) is 22.4 Å². The van der Waals surface area contributed by atoms with Crippen LogP contribution in [-0.2, 0) is 11.2 Å². The predicted octanol–water partition coefficient (Wildman–Crippen LogP) is 4.41. The topological polar surface area (TPSA) is 91.2 Å². The third-order valence-corrected chi connectivity index (χ3v) is 6.38. The molecule has 34 heavy (non-hydrogen) atoms. The zero-order valence-electron chi connectivity index (χ0n) is 19.7. The molecule has 8 heteroatoms. The Balaban J connectivity index is 1.15. The summed E-state index contributed by atoms with van der Waals surface area (Å²) < 4.78 is 5.41. The first-order chi connectivity index (χ1) is 16.6. The van der Waals surface area contributed by atoms with Gasteiger partial charge in [0.2, 0.25) is 23.6 Å². The largest absolute Gasteiger partial charge is 0.341 e. The van der Waals surface area contributed by atoms with Crippen molar-refractivity contribution in [2.75, 3.05) is 31.1 Å². The van der Waals surface area contributed by atoms with Gasteiger partial charge in [0.1, 0.15) is 0 Å². The molecule has 1 aliphatic rings. The number of aromatic amines is 1. The van der Waals surface area contributed by atoms with Crippen molar-refractivity contribution in [1.29, 1.82) is 0 Å². The molecule has 3 heterocycles. The molecule has 1 saturated heterocycles. The van der Waals surface area contributed by atoms with Crippen molar-refractivity contribution >= 4 is 22.9 Å². The maximum absolute atomic E-state index is 12.9. The summed E-state index contributed by atoms with van der Waals surface area (Å²) in [5.74, 6) is 2.53. The Kier molecular flexibility index (Phi) is 6.29. The van der Waals surface area contributed by atoms with E-state index in [9.17, 15) is 4.79 Å². The van der Waals surface area contributed by atoms with E-state index in [1.54, 1.807) is 0 Å². The number of nitrogens with zero attached hydrogens (tertiary/aromatic N) is 5. The van der Waals surface area contributed by atoms with E-state index < -0.39 is 0 Å². The van der Waals surface area contributed by atoms with Gasteiger partial charge >= 0.3 is 0 Å². The number of H-pyrrole nitrogens is 1. The van der Waals surface area contributed by atoms with Gasteiger partial charge in [-0.25, -0.2) is 4.98 Å². The Hall–Kier alpha value is -3.68. The molecule has 1 N–H and O–H groups in total. The summed E-state index contributed by atoms with van der Waals surface area (Å²) >= 11 is 0. The van der Waals surface area contributed by atoms with Gasteiger partial charge in [-0.1, -0.05) is 55.4 Å². The molecular weight excluding hydrogens is 428 g/mol. The molecule has 176 valence electrons. The second kappa shape index (κ2) is 9.67. The number of para-hydroxylation sites is 2. The van der Waals surface area contributed by atoms with Gasteiger partial charge in [0.15, 0.2) is 0 Å². The van der Waals surface area contributed by atoms with Crippen LogP contribution in [0.2, 0.25) is 0 Å². The molecule has 1 aliphatic heterocycles. The first-order valence-electron chi connectivity index (χ1n) is 12.0. The molecule has 0 radical (unpaired) electrons. The minimum Gasteiger partial charge on any atom is -0.341 e. The molecule has 0 bridgehead atoms. The standard InChI is InChI=1S/C26H30N6O2/c1-18(2)19-8-10-20(11-9-19)25-29-23(34-30-25)12-13-24(33)31-14-5-15-32(17-16-31)26-27-21-6-3-4-7-22(21)28-26/h3-4,6-11,18H,5,12-17H2,1-2H3,(H,27,28). The molecule has 0 atom stereocenters. The number of hydrogen-bond donors (Lipinski definition) is 1. The monoisotopic (exact) mass is 458 g/mol. The molecule has 0 saturated carbocycles. The number of nitrogens with one attached hydrogen (secondary N) is 1. The number of imidazole rings is 1. The number of aromatic nitrogens is 4. The quantitative estimate of drug-likeness (QED) is 0.460. The number of hydrogen-bond acceptors (Lipinski definition) is 6. The van der Waals surface area contributed by atoms with Crippen LogP contribution in [0, 0.1) is 0 Å². The van der Waals surface area contributed by atoms with Crippen molar-refractivity contribution in [2.45, 2.75) is 39.0 Å². The van der Waals surface area contributed by atoms with Crippen molar-refractivity contribution in [3.63, 3.8) is 0 Å². The average Bonchev–Trinajstić information content (AvgIpc) is 3.43. The number of aryl methyl sites for hydroxylation is 1. The Morgan fingerprint density at radius 3 is 2.65 bits per heavy atom. The predicted molar refractivity (Wildman–Crippen MR) is 132 cm³/mol. The molecule has 2 aromatic carbocycles. The number of carbonyl (C=O) groups is 1. The van der Waals surface area contributed by atoms with Crippen LogP contribution in [0.15, 0.2) is 53.1 Å². The zero-order chi connectivity index (χ0) is 23.5. The van der Waals surface area contributed by atoms with Crippen LogP contribution < -0.4 is 4.90 Å². The lowest BCUT2D eigenvalue weighted by Crippen LogP contribution is -2.35. The molecule has 2 aromatic heterocycles. The highest BCUT2D eigenvalue weighted by Gasteiger charge is 2.21. The number of carbonyl (C=O) groups excluding carboxylic acids is 1. The highest BCUT2D eigenvalue weighted by molar-refractivity contribution is 5.78. The van der Waals surface area contributed by atoms with Gasteiger partial charge in [0, 0.05) is 44.6 Å². The van der Waals surface area contributed by atoms with E-state index in [0.717, 1.165) is 48.6 Å². The second-order valence-electron chi connectivity index (χ2n) is 9.09. The average molecular weight is 459 g/mol. The van der Waals surface area contributed by atoms with Crippen LogP contribution in [0.1, 0.15) is 44.1 Å². The number of anilines is 1. The van der Waals surface area contributed by atoms with Gasteiger partial charge in [-0.2, -0.15) is 4.98 Å². The molecular formula is C26H30N6O2. The Morgan fingerprint density at radius 2 is 1.85 bits per heavy atom. The lowest BCUT2D eigenvalue weighted by molar-refractivity contribution is -0.131. The van der Waals surface area contributed by atoms with E-state index in [-0.39, 0.29) is 5.91 Å². The maximum atomic E-state index is 12.9. The first-order valence-corrected chi connectivity index (χ1v) is 12.0. The van der Waals surface area contributed by atoms with Gasteiger partial charge in [-0.15, -0.1) is 0 Å². The molecule has 1 fully saturated rings. The smallest absolute Gasteiger partial charge is 0.227 e. The first kappa shape index (κ1) is 22.1. The zero-order valence-corrected chi connectivity index (χ0v) is 19.7. The van der Waals surface area contributed by atoms with Gasteiger partial charge in [-0.3, -0.25) is 4.79 Å². The van der Waals surface area contributed by atoms with Crippen LogP contribution in [0.4, 0.5) is 5.95 Å². The SMILES string of the molecule is CC(C)c1ccc(-c2noc(CCC(=O)N3CCCN(c4nc5ccccc5[nH]4)CC3)n2)cc1. The van der Waals surface area contributed by atoms with Crippen LogP contribution in [0.5, 0.6) is 0 Å². The minimum absolute atomic E-state index is 0.118. The van der Waals surface area contributed by atoms with Gasteiger partial charge in [0.25, 0.3) is 0 Å². The minimum atomic E-state index is 0.118. The molecule has 4 aromatic rings. The molecule has 0 aliphatic carbocycles.